The molecule has 0 atom stereocenters. The molecule has 0 saturated carbocycles. The fourth-order valence-corrected chi connectivity index (χ4v) is 3.20. The van der Waals surface area contributed by atoms with Gasteiger partial charge in [0.25, 0.3) is 0 Å². The van der Waals surface area contributed by atoms with Crippen molar-refractivity contribution in [2.24, 2.45) is 0 Å². The summed E-state index contributed by atoms with van der Waals surface area (Å²) < 4.78 is 38.8. The second kappa shape index (κ2) is 8.19. The van der Waals surface area contributed by atoms with Gasteiger partial charge in [-0.05, 0) is 23.8 Å². The molecular weight excluding hydrogens is 379 g/mol. The molecule has 8 heteroatoms. The van der Waals surface area contributed by atoms with Crippen molar-refractivity contribution in [1.82, 2.24) is 9.80 Å². The smallest absolute Gasteiger partial charge is 0.322 e. The van der Waals surface area contributed by atoms with Crippen LogP contribution in [0.3, 0.4) is 0 Å². The lowest BCUT2D eigenvalue weighted by molar-refractivity contribution is -0.137. The number of piperazine rings is 1. The third-order valence-electron chi connectivity index (χ3n) is 4.43. The van der Waals surface area contributed by atoms with Crippen molar-refractivity contribution in [3.63, 3.8) is 0 Å². The number of halogens is 4. The van der Waals surface area contributed by atoms with E-state index in [1.807, 2.05) is 18.2 Å². The van der Waals surface area contributed by atoms with Crippen LogP contribution in [-0.4, -0.2) is 42.0 Å². The summed E-state index contributed by atoms with van der Waals surface area (Å²) in [6.07, 6.45) is -4.57. The number of nitrogens with zero attached hydrogens (tertiary/aromatic N) is 2. The van der Waals surface area contributed by atoms with Crippen LogP contribution >= 0.6 is 11.6 Å². The molecule has 0 aromatic heterocycles. The summed E-state index contributed by atoms with van der Waals surface area (Å²) in [5.41, 5.74) is 0.314. The Morgan fingerprint density at radius 1 is 1.04 bits per heavy atom. The van der Waals surface area contributed by atoms with Crippen molar-refractivity contribution in [3.05, 3.63) is 64.7 Å². The predicted molar refractivity (Wildman–Crippen MR) is 98.8 cm³/mol. The number of nitrogens with one attached hydrogen (secondary N) is 1. The number of carbonyl (C=O) groups is 1. The number of alkyl halides is 3. The first-order valence-electron chi connectivity index (χ1n) is 8.52. The summed E-state index contributed by atoms with van der Waals surface area (Å²) in [5.74, 6) is 0. The Hall–Kier alpha value is -2.25. The van der Waals surface area contributed by atoms with Gasteiger partial charge in [-0.25, -0.2) is 4.79 Å². The fraction of sp³-hybridized carbons (Fsp3) is 0.316. The molecule has 27 heavy (non-hydrogen) atoms. The van der Waals surface area contributed by atoms with Gasteiger partial charge < -0.3 is 10.2 Å². The molecule has 144 valence electrons. The first kappa shape index (κ1) is 19.5. The molecule has 0 unspecified atom stereocenters. The van der Waals surface area contributed by atoms with E-state index in [1.165, 1.54) is 11.6 Å². The zero-order valence-electron chi connectivity index (χ0n) is 14.5. The molecular formula is C19H19ClF3N3O. The Bertz CT molecular complexity index is 791. The molecule has 1 saturated heterocycles. The normalized spacial score (nSPS) is 15.6. The Morgan fingerprint density at radius 2 is 1.70 bits per heavy atom. The van der Waals surface area contributed by atoms with E-state index >= 15 is 0 Å². The van der Waals surface area contributed by atoms with Crippen LogP contribution < -0.4 is 5.32 Å². The maximum Gasteiger partial charge on any atom is 0.417 e. The lowest BCUT2D eigenvalue weighted by Gasteiger charge is -2.34. The first-order valence-corrected chi connectivity index (χ1v) is 8.90. The highest BCUT2D eigenvalue weighted by molar-refractivity contribution is 6.31. The minimum absolute atomic E-state index is 0.0726. The Balaban J connectivity index is 1.55. The monoisotopic (exact) mass is 397 g/mol. The van der Waals surface area contributed by atoms with E-state index in [4.69, 9.17) is 11.6 Å². The van der Waals surface area contributed by atoms with E-state index in [1.54, 1.807) is 4.90 Å². The Labute approximate surface area is 160 Å². The molecule has 3 rings (SSSR count). The van der Waals surface area contributed by atoms with E-state index in [0.717, 1.165) is 18.7 Å². The largest absolute Gasteiger partial charge is 0.417 e. The minimum atomic E-state index is -4.57. The van der Waals surface area contributed by atoms with Crippen LogP contribution in [0.25, 0.3) is 0 Å². The van der Waals surface area contributed by atoms with Crippen LogP contribution in [0.4, 0.5) is 23.7 Å². The number of anilines is 1. The van der Waals surface area contributed by atoms with Gasteiger partial charge in [0, 0.05) is 38.4 Å². The van der Waals surface area contributed by atoms with Crippen molar-refractivity contribution in [2.45, 2.75) is 12.7 Å². The Kier molecular flexibility index (Phi) is 5.92. The molecule has 2 aromatic rings. The predicted octanol–water partition coefficient (Wildman–Crippen LogP) is 4.71. The lowest BCUT2D eigenvalue weighted by atomic mass is 10.2. The molecule has 4 nitrogen and oxygen atoms in total. The van der Waals surface area contributed by atoms with E-state index in [2.05, 4.69) is 22.3 Å². The third-order valence-corrected chi connectivity index (χ3v) is 4.76. The van der Waals surface area contributed by atoms with Crippen LogP contribution in [-0.2, 0) is 12.7 Å². The number of carbonyl (C=O) groups excluding carboxylic acids is 1. The third kappa shape index (κ3) is 5.14. The van der Waals surface area contributed by atoms with Crippen LogP contribution in [0, 0.1) is 0 Å². The van der Waals surface area contributed by atoms with Crippen LogP contribution in [0.2, 0.25) is 5.02 Å². The molecule has 0 aliphatic carbocycles. The molecule has 1 heterocycles. The molecule has 2 amide bonds. The highest BCUT2D eigenvalue weighted by Gasteiger charge is 2.33. The summed E-state index contributed by atoms with van der Waals surface area (Å²) in [5, 5.41) is 2.13. The van der Waals surface area contributed by atoms with Gasteiger partial charge in [0.1, 0.15) is 0 Å². The highest BCUT2D eigenvalue weighted by atomic mass is 35.5. The van der Waals surface area contributed by atoms with E-state index in [0.29, 0.717) is 26.2 Å². The van der Waals surface area contributed by atoms with Gasteiger partial charge in [0.15, 0.2) is 0 Å². The van der Waals surface area contributed by atoms with Crippen LogP contribution in [0.15, 0.2) is 48.5 Å². The zero-order chi connectivity index (χ0) is 19.4. The highest BCUT2D eigenvalue weighted by Crippen LogP contribution is 2.36. The molecule has 0 bridgehead atoms. The van der Waals surface area contributed by atoms with Gasteiger partial charge in [-0.2, -0.15) is 13.2 Å². The van der Waals surface area contributed by atoms with Crippen molar-refractivity contribution < 1.29 is 18.0 Å². The van der Waals surface area contributed by atoms with Crippen molar-refractivity contribution in [3.8, 4) is 0 Å². The molecule has 0 radical (unpaired) electrons. The van der Waals surface area contributed by atoms with Crippen LogP contribution in [0.1, 0.15) is 11.1 Å². The van der Waals surface area contributed by atoms with E-state index < -0.39 is 22.8 Å². The molecule has 1 aliphatic rings. The SMILES string of the molecule is O=C(Nc1ccc(Cl)c(C(F)(F)F)c1)N1CCN(Cc2ccccc2)CC1. The minimum Gasteiger partial charge on any atom is -0.322 e. The van der Waals surface area contributed by atoms with Crippen molar-refractivity contribution >= 4 is 23.3 Å². The van der Waals surface area contributed by atoms with Gasteiger partial charge in [-0.3, -0.25) is 4.90 Å². The van der Waals surface area contributed by atoms with E-state index in [-0.39, 0.29) is 5.69 Å². The number of urea groups is 1. The number of benzene rings is 2. The van der Waals surface area contributed by atoms with Crippen molar-refractivity contribution in [2.75, 3.05) is 31.5 Å². The summed E-state index contributed by atoms with van der Waals surface area (Å²) >= 11 is 5.60. The number of amides is 2. The Morgan fingerprint density at radius 3 is 2.33 bits per heavy atom. The molecule has 1 fully saturated rings. The first-order chi connectivity index (χ1) is 12.8. The van der Waals surface area contributed by atoms with E-state index in [9.17, 15) is 18.0 Å². The van der Waals surface area contributed by atoms with Gasteiger partial charge in [0.05, 0.1) is 10.6 Å². The van der Waals surface area contributed by atoms with Gasteiger partial charge >= 0.3 is 12.2 Å². The molecule has 0 spiro atoms. The van der Waals surface area contributed by atoms with Gasteiger partial charge in [-0.15, -0.1) is 0 Å². The average Bonchev–Trinajstić information content (AvgIpc) is 2.64. The second-order valence-corrected chi connectivity index (χ2v) is 6.78. The van der Waals surface area contributed by atoms with Crippen LogP contribution in [0.5, 0.6) is 0 Å². The molecule has 1 aliphatic heterocycles. The lowest BCUT2D eigenvalue weighted by Crippen LogP contribution is -2.49. The maximum atomic E-state index is 12.9. The summed E-state index contributed by atoms with van der Waals surface area (Å²) in [6, 6.07) is 13.0. The number of hydrogen-bond acceptors (Lipinski definition) is 2. The standard InChI is InChI=1S/C19H19ClF3N3O/c20-17-7-6-15(12-16(17)19(21,22)23)24-18(27)26-10-8-25(9-11-26)13-14-4-2-1-3-5-14/h1-7,12H,8-11,13H2,(H,24,27). The average molecular weight is 398 g/mol. The quantitative estimate of drug-likeness (QED) is 0.814. The number of rotatable bonds is 3. The number of hydrogen-bond donors (Lipinski definition) is 1. The summed E-state index contributed by atoms with van der Waals surface area (Å²) in [4.78, 5) is 16.2. The fourth-order valence-electron chi connectivity index (χ4n) is 2.97. The maximum absolute atomic E-state index is 12.9. The summed E-state index contributed by atoms with van der Waals surface area (Å²) in [7, 11) is 0. The second-order valence-electron chi connectivity index (χ2n) is 6.37. The molecule has 1 N–H and O–H groups in total. The van der Waals surface area contributed by atoms with Crippen molar-refractivity contribution in [1.29, 1.82) is 0 Å². The molecule has 2 aromatic carbocycles. The zero-order valence-corrected chi connectivity index (χ0v) is 15.2. The topological polar surface area (TPSA) is 35.6 Å². The van der Waals surface area contributed by atoms with Gasteiger partial charge in [0.2, 0.25) is 0 Å². The van der Waals surface area contributed by atoms with Gasteiger partial charge in [-0.1, -0.05) is 41.9 Å². The summed E-state index contributed by atoms with van der Waals surface area (Å²) in [6.45, 7) is 3.24.